The van der Waals surface area contributed by atoms with Crippen molar-refractivity contribution in [3.63, 3.8) is 0 Å². The van der Waals surface area contributed by atoms with Gasteiger partial charge < -0.3 is 0 Å². The van der Waals surface area contributed by atoms with Crippen LogP contribution in [0.1, 0.15) is 33.5 Å². The van der Waals surface area contributed by atoms with Gasteiger partial charge in [0.05, 0.1) is 22.8 Å². The number of aromatic amines is 1. The van der Waals surface area contributed by atoms with Gasteiger partial charge in [-0.2, -0.15) is 10.2 Å². The molecule has 0 saturated heterocycles. The number of hydrazine groups is 1. The molecule has 10 nitrogen and oxygen atoms in total. The van der Waals surface area contributed by atoms with Crippen LogP contribution in [0.5, 0.6) is 0 Å². The summed E-state index contributed by atoms with van der Waals surface area (Å²) in [7, 11) is 0. The quantitative estimate of drug-likeness (QED) is 0.438. The number of fused-ring (bicyclic) bond motifs is 1. The molecule has 0 bridgehead atoms. The van der Waals surface area contributed by atoms with Gasteiger partial charge in [-0.3, -0.25) is 25.2 Å². The summed E-state index contributed by atoms with van der Waals surface area (Å²) in [5.41, 5.74) is 5.25. The lowest BCUT2D eigenvalue weighted by Gasteiger charge is -2.09. The summed E-state index contributed by atoms with van der Waals surface area (Å²) in [6, 6.07) is 12.0. The summed E-state index contributed by atoms with van der Waals surface area (Å²) in [6.45, 7) is 1.89. The third-order valence-corrected chi connectivity index (χ3v) is 4.52. The predicted molar refractivity (Wildman–Crippen MR) is 108 cm³/mol. The fourth-order valence-corrected chi connectivity index (χ4v) is 3.11. The fourth-order valence-electron chi connectivity index (χ4n) is 3.11. The standard InChI is InChI=1S/C20H17N7O3/c1-2-15-14(11-22-27(15)16-9-5-6-10-21-16)19(29)25-26-20(30)17-12-7-3-4-8-13(12)18(28)24-23-17/h3-11H,2H2,1H3,(H,24,28)(H,25,29)(H,26,30). The smallest absolute Gasteiger partial charge is 0.267 e. The number of hydrogen-bond donors (Lipinski definition) is 3. The van der Waals surface area contributed by atoms with Crippen LogP contribution >= 0.6 is 0 Å². The third kappa shape index (κ3) is 3.41. The molecule has 2 amide bonds. The van der Waals surface area contributed by atoms with Crippen molar-refractivity contribution in [1.82, 2.24) is 35.8 Å². The Labute approximate surface area is 169 Å². The highest BCUT2D eigenvalue weighted by Gasteiger charge is 2.19. The molecule has 0 spiro atoms. The highest BCUT2D eigenvalue weighted by Crippen LogP contribution is 2.14. The first-order valence-electron chi connectivity index (χ1n) is 9.16. The van der Waals surface area contributed by atoms with E-state index >= 15 is 0 Å². The van der Waals surface area contributed by atoms with Gasteiger partial charge in [0.2, 0.25) is 0 Å². The maximum absolute atomic E-state index is 12.6. The Bertz CT molecular complexity index is 1290. The van der Waals surface area contributed by atoms with E-state index < -0.39 is 17.4 Å². The Kier molecular flexibility index (Phi) is 5.04. The monoisotopic (exact) mass is 403 g/mol. The van der Waals surface area contributed by atoms with E-state index in [4.69, 9.17) is 0 Å². The van der Waals surface area contributed by atoms with Crippen molar-refractivity contribution in [3.05, 3.63) is 82.2 Å². The summed E-state index contributed by atoms with van der Waals surface area (Å²) >= 11 is 0. The highest BCUT2D eigenvalue weighted by molar-refractivity contribution is 6.06. The molecule has 0 aliphatic carbocycles. The molecule has 0 fully saturated rings. The first-order valence-corrected chi connectivity index (χ1v) is 9.16. The lowest BCUT2D eigenvalue weighted by Crippen LogP contribution is -2.42. The van der Waals surface area contributed by atoms with Crippen LogP contribution in [0.15, 0.2) is 59.7 Å². The Morgan fingerprint density at radius 1 is 1.03 bits per heavy atom. The van der Waals surface area contributed by atoms with Crippen molar-refractivity contribution in [2.45, 2.75) is 13.3 Å². The summed E-state index contributed by atoms with van der Waals surface area (Å²) in [4.78, 5) is 41.3. The van der Waals surface area contributed by atoms with E-state index in [-0.39, 0.29) is 5.69 Å². The second kappa shape index (κ2) is 7.95. The van der Waals surface area contributed by atoms with Gasteiger partial charge >= 0.3 is 0 Å². The molecule has 0 saturated carbocycles. The van der Waals surface area contributed by atoms with Gasteiger partial charge in [-0.15, -0.1) is 0 Å². The molecule has 0 aliphatic heterocycles. The molecule has 3 N–H and O–H groups in total. The van der Waals surface area contributed by atoms with E-state index in [1.54, 1.807) is 47.3 Å². The topological polar surface area (TPSA) is 135 Å². The first-order chi connectivity index (χ1) is 14.6. The van der Waals surface area contributed by atoms with Crippen LogP contribution in [-0.4, -0.2) is 36.8 Å². The van der Waals surface area contributed by atoms with Gasteiger partial charge in [-0.05, 0) is 24.6 Å². The van der Waals surface area contributed by atoms with Crippen molar-refractivity contribution < 1.29 is 9.59 Å². The van der Waals surface area contributed by atoms with Crippen molar-refractivity contribution in [2.75, 3.05) is 0 Å². The third-order valence-electron chi connectivity index (χ3n) is 4.52. The minimum absolute atomic E-state index is 0.00889. The van der Waals surface area contributed by atoms with Gasteiger partial charge in [-0.25, -0.2) is 14.8 Å². The van der Waals surface area contributed by atoms with Crippen LogP contribution < -0.4 is 16.4 Å². The highest BCUT2D eigenvalue weighted by atomic mass is 16.2. The SMILES string of the molecule is CCc1c(C(=O)NNC(=O)c2n[nH]c(=O)c3ccccc23)cnn1-c1ccccn1. The molecule has 3 aromatic heterocycles. The van der Waals surface area contributed by atoms with Gasteiger partial charge in [0.1, 0.15) is 0 Å². The van der Waals surface area contributed by atoms with Gasteiger partial charge in [0.25, 0.3) is 17.4 Å². The second-order valence-corrected chi connectivity index (χ2v) is 6.31. The Morgan fingerprint density at radius 3 is 2.50 bits per heavy atom. The molecule has 30 heavy (non-hydrogen) atoms. The number of benzene rings is 1. The minimum Gasteiger partial charge on any atom is -0.267 e. The minimum atomic E-state index is -0.661. The molecule has 1 aromatic carbocycles. The molecule has 4 rings (SSSR count). The molecule has 0 aliphatic rings. The number of nitrogens with zero attached hydrogens (tertiary/aromatic N) is 4. The van der Waals surface area contributed by atoms with Crippen LogP contribution in [-0.2, 0) is 6.42 Å². The van der Waals surface area contributed by atoms with E-state index in [9.17, 15) is 14.4 Å². The average molecular weight is 403 g/mol. The average Bonchev–Trinajstić information content (AvgIpc) is 3.22. The zero-order valence-electron chi connectivity index (χ0n) is 15.9. The summed E-state index contributed by atoms with van der Waals surface area (Å²) < 4.78 is 1.58. The molecule has 0 atom stereocenters. The number of hydrogen-bond acceptors (Lipinski definition) is 6. The zero-order chi connectivity index (χ0) is 21.1. The summed E-state index contributed by atoms with van der Waals surface area (Å²) in [5, 5.41) is 11.0. The van der Waals surface area contributed by atoms with Crippen LogP contribution in [0.3, 0.4) is 0 Å². The summed E-state index contributed by atoms with van der Waals surface area (Å²) in [6.07, 6.45) is 3.58. The number of H-pyrrole nitrogens is 1. The number of carbonyl (C=O) groups excluding carboxylic acids is 2. The molecular weight excluding hydrogens is 386 g/mol. The first kappa shape index (κ1) is 19.0. The van der Waals surface area contributed by atoms with Crippen molar-refractivity contribution >= 4 is 22.6 Å². The summed E-state index contributed by atoms with van der Waals surface area (Å²) in [5.74, 6) is -0.608. The largest absolute Gasteiger partial charge is 0.290 e. The molecule has 3 heterocycles. The molecule has 10 heteroatoms. The molecule has 0 radical (unpaired) electrons. The van der Waals surface area contributed by atoms with Gasteiger partial charge in [-0.1, -0.05) is 31.2 Å². The Balaban J connectivity index is 1.55. The molecule has 0 unspecified atom stereocenters. The molecule has 150 valence electrons. The van der Waals surface area contributed by atoms with E-state index in [0.29, 0.717) is 34.3 Å². The Morgan fingerprint density at radius 2 is 1.77 bits per heavy atom. The Hall–Kier alpha value is -4.34. The predicted octanol–water partition coefficient (Wildman–Crippen LogP) is 1.14. The number of rotatable bonds is 4. The van der Waals surface area contributed by atoms with Crippen molar-refractivity contribution in [2.24, 2.45) is 0 Å². The van der Waals surface area contributed by atoms with Crippen LogP contribution in [0.4, 0.5) is 0 Å². The normalized spacial score (nSPS) is 10.7. The van der Waals surface area contributed by atoms with Gasteiger partial charge in [0, 0.05) is 11.6 Å². The van der Waals surface area contributed by atoms with Crippen molar-refractivity contribution in [3.8, 4) is 5.82 Å². The van der Waals surface area contributed by atoms with Crippen molar-refractivity contribution in [1.29, 1.82) is 0 Å². The lowest BCUT2D eigenvalue weighted by molar-refractivity contribution is 0.0844. The molecular formula is C20H17N7O3. The van der Waals surface area contributed by atoms with Crippen LogP contribution in [0, 0.1) is 0 Å². The molecule has 4 aromatic rings. The zero-order valence-corrected chi connectivity index (χ0v) is 15.9. The fraction of sp³-hybridized carbons (Fsp3) is 0.100. The van der Waals surface area contributed by atoms with Gasteiger partial charge in [0.15, 0.2) is 11.5 Å². The van der Waals surface area contributed by atoms with E-state index in [1.165, 1.54) is 6.20 Å². The van der Waals surface area contributed by atoms with E-state index in [0.717, 1.165) is 0 Å². The van der Waals surface area contributed by atoms with Crippen LogP contribution in [0.2, 0.25) is 0 Å². The lowest BCUT2D eigenvalue weighted by atomic mass is 10.1. The van der Waals surface area contributed by atoms with E-state index in [1.807, 2.05) is 13.0 Å². The maximum Gasteiger partial charge on any atom is 0.290 e. The second-order valence-electron chi connectivity index (χ2n) is 6.31. The number of pyridine rings is 1. The number of aromatic nitrogens is 5. The van der Waals surface area contributed by atoms with Crippen LogP contribution in [0.25, 0.3) is 16.6 Å². The number of carbonyl (C=O) groups is 2. The van der Waals surface area contributed by atoms with E-state index in [2.05, 4.69) is 31.1 Å². The number of amides is 2. The number of nitrogens with one attached hydrogen (secondary N) is 3. The maximum atomic E-state index is 12.6.